The van der Waals surface area contributed by atoms with Crippen LogP contribution in [0.1, 0.15) is 19.3 Å². The molecule has 0 saturated carbocycles. The Morgan fingerprint density at radius 2 is 2.15 bits per heavy atom. The van der Waals surface area contributed by atoms with Crippen molar-refractivity contribution in [3.63, 3.8) is 0 Å². The molecule has 0 aliphatic carbocycles. The molecule has 1 aromatic carbocycles. The van der Waals surface area contributed by atoms with Crippen LogP contribution in [0.5, 0.6) is 5.75 Å². The third kappa shape index (κ3) is 4.36. The van der Waals surface area contributed by atoms with Crippen molar-refractivity contribution in [2.75, 3.05) is 19.7 Å². The molecule has 1 amide bonds. The molecular weight excluding hydrogens is 344 g/mol. The predicted molar refractivity (Wildman–Crippen MR) is 83.1 cm³/mol. The first-order chi connectivity index (χ1) is 9.56. The first-order valence-corrected chi connectivity index (χ1v) is 7.84. The van der Waals surface area contributed by atoms with E-state index in [4.69, 9.17) is 22.1 Å². The molecule has 0 spiro atoms. The minimum absolute atomic E-state index is 0.127. The molecule has 1 heterocycles. The second-order valence-electron chi connectivity index (χ2n) is 4.89. The summed E-state index contributed by atoms with van der Waals surface area (Å²) < 4.78 is 6.39. The van der Waals surface area contributed by atoms with Gasteiger partial charge in [0.15, 0.2) is 0 Å². The first kappa shape index (κ1) is 15.6. The Bertz CT molecular complexity index is 476. The van der Waals surface area contributed by atoms with Crippen LogP contribution in [0.25, 0.3) is 0 Å². The van der Waals surface area contributed by atoms with E-state index in [-0.39, 0.29) is 11.9 Å². The zero-order chi connectivity index (χ0) is 14.5. The van der Waals surface area contributed by atoms with Crippen LogP contribution in [0.2, 0.25) is 5.02 Å². The van der Waals surface area contributed by atoms with Gasteiger partial charge < -0.3 is 15.4 Å². The molecule has 2 rings (SSSR count). The fraction of sp³-hybridized carbons (Fsp3) is 0.500. The fourth-order valence-electron chi connectivity index (χ4n) is 2.15. The van der Waals surface area contributed by atoms with E-state index in [2.05, 4.69) is 15.9 Å². The van der Waals surface area contributed by atoms with Gasteiger partial charge in [-0.3, -0.25) is 4.79 Å². The van der Waals surface area contributed by atoms with Crippen LogP contribution in [0.4, 0.5) is 0 Å². The van der Waals surface area contributed by atoms with Crippen molar-refractivity contribution in [1.82, 2.24) is 4.90 Å². The molecule has 0 bridgehead atoms. The second-order valence-corrected chi connectivity index (χ2v) is 6.18. The topological polar surface area (TPSA) is 55.6 Å². The van der Waals surface area contributed by atoms with Gasteiger partial charge >= 0.3 is 0 Å². The van der Waals surface area contributed by atoms with E-state index >= 15 is 0 Å². The molecule has 2 N–H and O–H groups in total. The Balaban J connectivity index is 1.76. The number of amides is 1. The Hall–Kier alpha value is -0.780. The molecule has 4 nitrogen and oxygen atoms in total. The molecule has 1 aliphatic rings. The lowest BCUT2D eigenvalue weighted by Crippen LogP contribution is -2.43. The fourth-order valence-corrected chi connectivity index (χ4v) is 2.94. The summed E-state index contributed by atoms with van der Waals surface area (Å²) in [4.78, 5) is 13.9. The lowest BCUT2D eigenvalue weighted by Gasteiger charge is -2.30. The lowest BCUT2D eigenvalue weighted by atomic mass is 10.1. The average Bonchev–Trinajstić information content (AvgIpc) is 2.42. The SMILES string of the molecule is NC1CCN(C(=O)CCOc2ccc(Cl)cc2Br)CC1. The van der Waals surface area contributed by atoms with Crippen LogP contribution in [-0.2, 0) is 4.79 Å². The summed E-state index contributed by atoms with van der Waals surface area (Å²) >= 11 is 9.24. The van der Waals surface area contributed by atoms with Gasteiger partial charge in [-0.25, -0.2) is 0 Å². The standard InChI is InChI=1S/C14H18BrClN2O2/c15-12-9-10(16)1-2-13(12)20-8-5-14(19)18-6-3-11(17)4-7-18/h1-2,9,11H,3-8,17H2. The molecule has 1 saturated heterocycles. The van der Waals surface area contributed by atoms with Crippen molar-refractivity contribution in [2.45, 2.75) is 25.3 Å². The number of hydrogen-bond donors (Lipinski definition) is 1. The molecule has 1 aromatic rings. The van der Waals surface area contributed by atoms with Crippen molar-refractivity contribution < 1.29 is 9.53 Å². The van der Waals surface area contributed by atoms with E-state index in [0.717, 1.165) is 30.4 Å². The van der Waals surface area contributed by atoms with E-state index in [0.29, 0.717) is 23.8 Å². The van der Waals surface area contributed by atoms with Gasteiger partial charge in [0.25, 0.3) is 0 Å². The number of nitrogens with two attached hydrogens (primary N) is 1. The van der Waals surface area contributed by atoms with Crippen molar-refractivity contribution >= 4 is 33.4 Å². The molecule has 1 fully saturated rings. The summed E-state index contributed by atoms with van der Waals surface area (Å²) in [5, 5.41) is 0.643. The molecule has 1 aliphatic heterocycles. The summed E-state index contributed by atoms with van der Waals surface area (Å²) in [6.45, 7) is 1.87. The van der Waals surface area contributed by atoms with Gasteiger partial charge in [-0.15, -0.1) is 0 Å². The van der Waals surface area contributed by atoms with Crippen LogP contribution in [0.15, 0.2) is 22.7 Å². The highest BCUT2D eigenvalue weighted by molar-refractivity contribution is 9.10. The number of halogens is 2. The van der Waals surface area contributed by atoms with Crippen molar-refractivity contribution in [3.8, 4) is 5.75 Å². The number of hydrogen-bond acceptors (Lipinski definition) is 3. The Labute approximate surface area is 132 Å². The highest BCUT2D eigenvalue weighted by Gasteiger charge is 2.20. The van der Waals surface area contributed by atoms with Crippen molar-refractivity contribution in [2.24, 2.45) is 5.73 Å². The molecule has 6 heteroatoms. The Morgan fingerprint density at radius 1 is 1.45 bits per heavy atom. The minimum atomic E-state index is 0.127. The van der Waals surface area contributed by atoms with Crippen molar-refractivity contribution in [3.05, 3.63) is 27.7 Å². The molecule has 0 aromatic heterocycles. The number of rotatable bonds is 4. The summed E-state index contributed by atoms with van der Waals surface area (Å²) in [6.07, 6.45) is 2.15. The zero-order valence-corrected chi connectivity index (χ0v) is 13.5. The summed E-state index contributed by atoms with van der Waals surface area (Å²) in [7, 11) is 0. The largest absolute Gasteiger partial charge is 0.492 e. The maximum atomic E-state index is 12.0. The van der Waals surface area contributed by atoms with Crippen LogP contribution in [0.3, 0.4) is 0 Å². The van der Waals surface area contributed by atoms with E-state index in [1.807, 2.05) is 4.90 Å². The van der Waals surface area contributed by atoms with Crippen LogP contribution in [0, 0.1) is 0 Å². The molecule has 110 valence electrons. The maximum absolute atomic E-state index is 12.0. The van der Waals surface area contributed by atoms with Gasteiger partial charge in [-0.05, 0) is 47.0 Å². The Morgan fingerprint density at radius 3 is 2.80 bits per heavy atom. The second kappa shape index (κ2) is 7.29. The van der Waals surface area contributed by atoms with E-state index < -0.39 is 0 Å². The van der Waals surface area contributed by atoms with Gasteiger partial charge in [0, 0.05) is 24.2 Å². The number of likely N-dealkylation sites (tertiary alicyclic amines) is 1. The average molecular weight is 362 g/mol. The summed E-state index contributed by atoms with van der Waals surface area (Å²) in [5.74, 6) is 0.824. The monoisotopic (exact) mass is 360 g/mol. The van der Waals surface area contributed by atoms with Crippen LogP contribution >= 0.6 is 27.5 Å². The number of carbonyl (C=O) groups is 1. The predicted octanol–water partition coefficient (Wildman–Crippen LogP) is 2.82. The third-order valence-electron chi connectivity index (χ3n) is 3.36. The number of piperidine rings is 1. The quantitative estimate of drug-likeness (QED) is 0.897. The lowest BCUT2D eigenvalue weighted by molar-refractivity contribution is -0.132. The summed E-state index contributed by atoms with van der Waals surface area (Å²) in [5.41, 5.74) is 5.82. The number of carbonyl (C=O) groups excluding carboxylic acids is 1. The van der Waals surface area contributed by atoms with Crippen LogP contribution < -0.4 is 10.5 Å². The van der Waals surface area contributed by atoms with Gasteiger partial charge in [-0.2, -0.15) is 0 Å². The van der Waals surface area contributed by atoms with Gasteiger partial charge in [-0.1, -0.05) is 11.6 Å². The van der Waals surface area contributed by atoms with Crippen molar-refractivity contribution in [1.29, 1.82) is 0 Å². The minimum Gasteiger partial charge on any atom is -0.492 e. The van der Waals surface area contributed by atoms with Gasteiger partial charge in [0.2, 0.25) is 5.91 Å². The molecular formula is C14H18BrClN2O2. The zero-order valence-electron chi connectivity index (χ0n) is 11.1. The molecule has 0 atom stereocenters. The number of nitrogens with zero attached hydrogens (tertiary/aromatic N) is 1. The number of ether oxygens (including phenoxy) is 1. The maximum Gasteiger partial charge on any atom is 0.225 e. The van der Waals surface area contributed by atoms with Gasteiger partial charge in [0.1, 0.15) is 5.75 Å². The normalized spacial score (nSPS) is 16.2. The molecule has 20 heavy (non-hydrogen) atoms. The smallest absolute Gasteiger partial charge is 0.225 e. The summed E-state index contributed by atoms with van der Waals surface area (Å²) in [6, 6.07) is 5.55. The highest BCUT2D eigenvalue weighted by Crippen LogP contribution is 2.28. The van der Waals surface area contributed by atoms with E-state index in [1.165, 1.54) is 0 Å². The highest BCUT2D eigenvalue weighted by atomic mass is 79.9. The Kier molecular flexibility index (Phi) is 5.69. The van der Waals surface area contributed by atoms with Crippen LogP contribution in [-0.4, -0.2) is 36.5 Å². The molecule has 0 unspecified atom stereocenters. The van der Waals surface area contributed by atoms with E-state index in [9.17, 15) is 4.79 Å². The molecule has 0 radical (unpaired) electrons. The first-order valence-electron chi connectivity index (χ1n) is 6.67. The van der Waals surface area contributed by atoms with Gasteiger partial charge in [0.05, 0.1) is 17.5 Å². The third-order valence-corrected chi connectivity index (χ3v) is 4.21. The van der Waals surface area contributed by atoms with E-state index in [1.54, 1.807) is 18.2 Å². The number of benzene rings is 1.